The van der Waals surface area contributed by atoms with Crippen LogP contribution in [0.3, 0.4) is 0 Å². The van der Waals surface area contributed by atoms with Crippen molar-refractivity contribution in [2.75, 3.05) is 11.9 Å². The first-order chi connectivity index (χ1) is 14.0. The van der Waals surface area contributed by atoms with Gasteiger partial charge in [-0.15, -0.1) is 0 Å². The molecule has 6 heteroatoms. The Balaban J connectivity index is 2.26. The van der Waals surface area contributed by atoms with Crippen LogP contribution in [0, 0.1) is 10.7 Å². The fourth-order valence-corrected chi connectivity index (χ4v) is 3.39. The summed E-state index contributed by atoms with van der Waals surface area (Å²) < 4.78 is 6.81. The van der Waals surface area contributed by atoms with Crippen LogP contribution in [-0.2, 0) is 15.6 Å². The summed E-state index contributed by atoms with van der Waals surface area (Å²) in [4.78, 5) is 18.5. The molecule has 2 rings (SSSR count). The first kappa shape index (κ1) is 24.2. The third-order valence-corrected chi connectivity index (χ3v) is 6.64. The third-order valence-electron chi connectivity index (χ3n) is 6.42. The molecule has 1 unspecified atom stereocenters. The number of amides is 1. The van der Waals surface area contributed by atoms with Gasteiger partial charge in [0.2, 0.25) is 5.91 Å². The van der Waals surface area contributed by atoms with Gasteiger partial charge in [0, 0.05) is 6.20 Å². The summed E-state index contributed by atoms with van der Waals surface area (Å²) in [6.07, 6.45) is 4.39. The molecule has 0 aliphatic heterocycles. The molecule has 1 aromatic heterocycles. The Morgan fingerprint density at radius 2 is 1.80 bits per heavy atom. The van der Waals surface area contributed by atoms with Gasteiger partial charge in [-0.2, -0.15) is 0 Å². The van der Waals surface area contributed by atoms with Crippen molar-refractivity contribution in [1.29, 1.82) is 0 Å². The van der Waals surface area contributed by atoms with Crippen LogP contribution < -0.4 is 10.1 Å². The van der Waals surface area contributed by atoms with Crippen molar-refractivity contribution in [3.63, 3.8) is 0 Å². The lowest BCUT2D eigenvalue weighted by atomic mass is 9.77. The maximum Gasteiger partial charge on any atom is 0.232 e. The van der Waals surface area contributed by atoms with Crippen LogP contribution in [0.2, 0.25) is 0 Å². The number of aromatic amines is 2. The van der Waals surface area contributed by atoms with Gasteiger partial charge in [-0.25, -0.2) is 0 Å². The van der Waals surface area contributed by atoms with E-state index in [1.54, 1.807) is 6.20 Å². The second-order valence-electron chi connectivity index (χ2n) is 9.25. The van der Waals surface area contributed by atoms with Gasteiger partial charge in [0.1, 0.15) is 11.6 Å². The number of carbonyl (C=O) groups excluding carboxylic acids is 1. The van der Waals surface area contributed by atoms with E-state index in [0.717, 1.165) is 18.6 Å². The molecule has 5 nitrogen and oxygen atoms in total. The van der Waals surface area contributed by atoms with Crippen molar-refractivity contribution < 1.29 is 9.53 Å². The molecule has 0 saturated heterocycles. The molecule has 30 heavy (non-hydrogen) atoms. The van der Waals surface area contributed by atoms with Gasteiger partial charge >= 0.3 is 0 Å². The molecule has 0 aliphatic rings. The monoisotopic (exact) mass is 431 g/mol. The minimum Gasteiger partial charge on any atom is -0.492 e. The average Bonchev–Trinajstić information content (AvgIpc) is 3.12. The molecule has 1 aromatic carbocycles. The summed E-state index contributed by atoms with van der Waals surface area (Å²) in [5, 5.41) is 2.88. The van der Waals surface area contributed by atoms with Crippen LogP contribution in [-0.4, -0.2) is 22.5 Å². The number of benzene rings is 1. The van der Waals surface area contributed by atoms with Crippen LogP contribution in [0.15, 0.2) is 24.4 Å². The average molecular weight is 432 g/mol. The fourth-order valence-electron chi connectivity index (χ4n) is 3.22. The van der Waals surface area contributed by atoms with E-state index in [0.29, 0.717) is 23.6 Å². The summed E-state index contributed by atoms with van der Waals surface area (Å²) in [5.41, 5.74) is 2.51. The van der Waals surface area contributed by atoms with Crippen molar-refractivity contribution in [1.82, 2.24) is 9.97 Å². The maximum absolute atomic E-state index is 12.7. The summed E-state index contributed by atoms with van der Waals surface area (Å²) in [6, 6.07) is 6.60. The van der Waals surface area contributed by atoms with Gasteiger partial charge in [-0.05, 0) is 59.5 Å². The van der Waals surface area contributed by atoms with E-state index >= 15 is 0 Å². The van der Waals surface area contributed by atoms with Gasteiger partial charge in [0.05, 0.1) is 12.5 Å². The summed E-state index contributed by atoms with van der Waals surface area (Å²) >= 11 is 5.02. The van der Waals surface area contributed by atoms with Gasteiger partial charge in [0.25, 0.3) is 0 Å². The Morgan fingerprint density at radius 1 is 1.13 bits per heavy atom. The lowest BCUT2D eigenvalue weighted by Gasteiger charge is -2.30. The molecule has 0 fully saturated rings. The summed E-state index contributed by atoms with van der Waals surface area (Å²) in [5.74, 6) is 1.11. The van der Waals surface area contributed by atoms with Gasteiger partial charge < -0.3 is 20.0 Å². The predicted octanol–water partition coefficient (Wildman–Crippen LogP) is 6.49. The van der Waals surface area contributed by atoms with Crippen molar-refractivity contribution >= 4 is 23.9 Å². The predicted molar refractivity (Wildman–Crippen MR) is 127 cm³/mol. The zero-order valence-electron chi connectivity index (χ0n) is 19.4. The highest BCUT2D eigenvalue weighted by Crippen LogP contribution is 2.38. The second-order valence-corrected chi connectivity index (χ2v) is 9.66. The number of hydrogen-bond acceptors (Lipinski definition) is 3. The normalized spacial score (nSPS) is 13.2. The number of ether oxygens (including phenoxy) is 1. The Labute approximate surface area is 186 Å². The molecule has 2 aromatic rings. The Hall–Kier alpha value is -2.08. The fraction of sp³-hybridized carbons (Fsp3) is 0.583. The van der Waals surface area contributed by atoms with E-state index in [1.807, 2.05) is 6.92 Å². The van der Waals surface area contributed by atoms with Gasteiger partial charge in [0.15, 0.2) is 4.77 Å². The third kappa shape index (κ3) is 5.75. The highest BCUT2D eigenvalue weighted by atomic mass is 32.1. The molecule has 1 amide bonds. The topological polar surface area (TPSA) is 69.9 Å². The lowest BCUT2D eigenvalue weighted by Crippen LogP contribution is -2.28. The molecule has 166 valence electrons. The number of H-pyrrole nitrogens is 2. The molecular weight excluding hydrogens is 394 g/mol. The number of hydrogen-bond donors (Lipinski definition) is 3. The SMILES string of the molecule is CCC(COc1cc(C(C)(C)CC)ccc1C(C)(C)CC)C(=O)Nc1c[nH]c(=S)[nH]1. The van der Waals surface area contributed by atoms with Crippen LogP contribution in [0.5, 0.6) is 5.75 Å². The molecule has 0 aliphatic carbocycles. The Bertz CT molecular complexity index is 911. The van der Waals surface area contributed by atoms with Gasteiger partial charge in [-0.3, -0.25) is 4.79 Å². The molecule has 0 saturated carbocycles. The molecule has 1 atom stereocenters. The van der Waals surface area contributed by atoms with E-state index in [4.69, 9.17) is 17.0 Å². The van der Waals surface area contributed by atoms with E-state index in [2.05, 4.69) is 75.0 Å². The van der Waals surface area contributed by atoms with Crippen molar-refractivity contribution in [2.45, 2.75) is 78.6 Å². The first-order valence-electron chi connectivity index (χ1n) is 10.9. The molecule has 3 N–H and O–H groups in total. The summed E-state index contributed by atoms with van der Waals surface area (Å²) in [7, 11) is 0. The number of nitrogens with one attached hydrogen (secondary N) is 3. The Morgan fingerprint density at radius 3 is 2.33 bits per heavy atom. The van der Waals surface area contributed by atoms with E-state index in [-0.39, 0.29) is 22.7 Å². The van der Waals surface area contributed by atoms with Gasteiger partial charge in [-0.1, -0.05) is 60.6 Å². The van der Waals surface area contributed by atoms with Crippen LogP contribution >= 0.6 is 12.2 Å². The summed E-state index contributed by atoms with van der Waals surface area (Å²) in [6.45, 7) is 15.7. The zero-order chi connectivity index (χ0) is 22.5. The minimum atomic E-state index is -0.262. The number of imidazole rings is 1. The van der Waals surface area contributed by atoms with Crippen molar-refractivity contribution in [3.8, 4) is 5.75 Å². The van der Waals surface area contributed by atoms with Crippen LogP contribution in [0.4, 0.5) is 5.82 Å². The van der Waals surface area contributed by atoms with Crippen molar-refractivity contribution in [3.05, 3.63) is 40.3 Å². The highest BCUT2D eigenvalue weighted by molar-refractivity contribution is 7.71. The number of anilines is 1. The van der Waals surface area contributed by atoms with Crippen LogP contribution in [0.25, 0.3) is 0 Å². The molecule has 0 bridgehead atoms. The number of rotatable bonds is 10. The van der Waals surface area contributed by atoms with E-state index in [1.165, 1.54) is 11.1 Å². The Kier molecular flexibility index (Phi) is 7.92. The smallest absolute Gasteiger partial charge is 0.232 e. The minimum absolute atomic E-state index is 0.00582. The standard InChI is InChI=1S/C24H37N3O2S/c1-8-16(21(28)26-20-14-25-22(30)27-20)15-29-19-13-17(23(4,5)9-2)11-12-18(19)24(6,7)10-3/h11-14,16H,8-10,15H2,1-7H3,(H,26,28)(H2,25,27,30). The molecular formula is C24H37N3O2S. The first-order valence-corrected chi connectivity index (χ1v) is 11.3. The largest absolute Gasteiger partial charge is 0.492 e. The zero-order valence-corrected chi connectivity index (χ0v) is 20.3. The highest BCUT2D eigenvalue weighted by Gasteiger charge is 2.27. The second kappa shape index (κ2) is 9.82. The molecule has 0 radical (unpaired) electrons. The maximum atomic E-state index is 12.7. The number of carbonyl (C=O) groups is 1. The molecule has 1 heterocycles. The van der Waals surface area contributed by atoms with Crippen molar-refractivity contribution in [2.24, 2.45) is 5.92 Å². The molecule has 0 spiro atoms. The van der Waals surface area contributed by atoms with Crippen LogP contribution in [0.1, 0.15) is 78.9 Å². The quantitative estimate of drug-likeness (QED) is 0.376. The lowest BCUT2D eigenvalue weighted by molar-refractivity contribution is -0.120. The van der Waals surface area contributed by atoms with E-state index in [9.17, 15) is 4.79 Å². The van der Waals surface area contributed by atoms with E-state index < -0.39 is 0 Å². The number of aromatic nitrogens is 2.